The van der Waals surface area contributed by atoms with Gasteiger partial charge in [0.25, 0.3) is 5.91 Å². The van der Waals surface area contributed by atoms with Gasteiger partial charge in [-0.15, -0.1) is 0 Å². The van der Waals surface area contributed by atoms with Gasteiger partial charge < -0.3 is 10.0 Å². The molecule has 6 nitrogen and oxygen atoms in total. The zero-order chi connectivity index (χ0) is 19.6. The predicted octanol–water partition coefficient (Wildman–Crippen LogP) is 2.58. The Kier molecular flexibility index (Phi) is 5.46. The van der Waals surface area contributed by atoms with Gasteiger partial charge in [0, 0.05) is 25.8 Å². The standard InChI is InChI=1S/C21H25N3O3/c1-15-7-6-8-16(2)21(15)23(14-20(26)27)13-19(25)22(3)24-11-17-9-4-5-10-18(17)12-24/h4-10H,11-14H2,1-3H3,(H,26,27). The number of amides is 1. The van der Waals surface area contributed by atoms with E-state index >= 15 is 0 Å². The number of nitrogens with zero attached hydrogens (tertiary/aromatic N) is 3. The molecule has 2 aromatic carbocycles. The van der Waals surface area contributed by atoms with E-state index in [1.54, 1.807) is 17.0 Å². The lowest BCUT2D eigenvalue weighted by atomic mass is 10.1. The van der Waals surface area contributed by atoms with Gasteiger partial charge in [-0.2, -0.15) is 0 Å². The molecule has 0 aliphatic carbocycles. The van der Waals surface area contributed by atoms with Gasteiger partial charge in [0.15, 0.2) is 0 Å². The maximum Gasteiger partial charge on any atom is 0.323 e. The Balaban J connectivity index is 1.76. The van der Waals surface area contributed by atoms with Crippen LogP contribution < -0.4 is 4.90 Å². The highest BCUT2D eigenvalue weighted by Crippen LogP contribution is 2.26. The molecule has 0 saturated heterocycles. The first kappa shape index (κ1) is 18.9. The molecule has 1 N–H and O–H groups in total. The van der Waals surface area contributed by atoms with E-state index in [0.29, 0.717) is 13.1 Å². The highest BCUT2D eigenvalue weighted by molar-refractivity contribution is 5.84. The number of anilines is 1. The van der Waals surface area contributed by atoms with E-state index in [0.717, 1.165) is 16.8 Å². The second kappa shape index (κ2) is 7.80. The lowest BCUT2D eigenvalue weighted by Gasteiger charge is -2.32. The zero-order valence-electron chi connectivity index (χ0n) is 16.0. The van der Waals surface area contributed by atoms with Crippen LogP contribution in [0.4, 0.5) is 5.69 Å². The number of carboxylic acids is 1. The fraction of sp³-hybridized carbons (Fsp3) is 0.333. The quantitative estimate of drug-likeness (QED) is 0.850. The van der Waals surface area contributed by atoms with Crippen LogP contribution in [-0.2, 0) is 22.7 Å². The molecular weight excluding hydrogens is 342 g/mol. The highest BCUT2D eigenvalue weighted by atomic mass is 16.4. The number of aliphatic carboxylic acids is 1. The van der Waals surface area contributed by atoms with E-state index in [4.69, 9.17) is 0 Å². The van der Waals surface area contributed by atoms with Crippen LogP contribution in [0.5, 0.6) is 0 Å². The molecule has 6 heteroatoms. The number of benzene rings is 2. The number of likely N-dealkylation sites (N-methyl/N-ethyl adjacent to an activating group) is 1. The minimum Gasteiger partial charge on any atom is -0.480 e. The van der Waals surface area contributed by atoms with E-state index < -0.39 is 5.97 Å². The fourth-order valence-electron chi connectivity index (χ4n) is 3.63. The summed E-state index contributed by atoms with van der Waals surface area (Å²) in [6.45, 7) is 5.03. The molecule has 2 aromatic rings. The molecule has 1 heterocycles. The van der Waals surface area contributed by atoms with Crippen LogP contribution in [0.3, 0.4) is 0 Å². The lowest BCUT2D eigenvalue weighted by Crippen LogP contribution is -2.47. The fourth-order valence-corrected chi connectivity index (χ4v) is 3.63. The van der Waals surface area contributed by atoms with E-state index in [1.807, 2.05) is 49.2 Å². The number of rotatable bonds is 6. The Morgan fingerprint density at radius 1 is 0.963 bits per heavy atom. The molecule has 0 saturated carbocycles. The first-order valence-corrected chi connectivity index (χ1v) is 8.98. The van der Waals surface area contributed by atoms with Crippen LogP contribution in [0.25, 0.3) is 0 Å². The molecule has 0 unspecified atom stereocenters. The van der Waals surface area contributed by atoms with Crippen molar-refractivity contribution < 1.29 is 14.7 Å². The van der Waals surface area contributed by atoms with E-state index in [-0.39, 0.29) is 19.0 Å². The third kappa shape index (κ3) is 4.11. The monoisotopic (exact) mass is 367 g/mol. The third-order valence-electron chi connectivity index (χ3n) is 5.02. The van der Waals surface area contributed by atoms with Crippen molar-refractivity contribution in [3.05, 3.63) is 64.7 Å². The third-order valence-corrected chi connectivity index (χ3v) is 5.02. The van der Waals surface area contributed by atoms with Gasteiger partial charge in [-0.25, -0.2) is 5.01 Å². The van der Waals surface area contributed by atoms with E-state index in [2.05, 4.69) is 12.1 Å². The largest absolute Gasteiger partial charge is 0.480 e. The summed E-state index contributed by atoms with van der Waals surface area (Å²) >= 11 is 0. The molecule has 1 aliphatic heterocycles. The highest BCUT2D eigenvalue weighted by Gasteiger charge is 2.27. The number of carbonyl (C=O) groups excluding carboxylic acids is 1. The summed E-state index contributed by atoms with van der Waals surface area (Å²) < 4.78 is 0. The lowest BCUT2D eigenvalue weighted by molar-refractivity contribution is -0.145. The number of hydrogen-bond donors (Lipinski definition) is 1. The van der Waals surface area contributed by atoms with Crippen LogP contribution >= 0.6 is 0 Å². The molecule has 27 heavy (non-hydrogen) atoms. The average molecular weight is 367 g/mol. The molecule has 3 rings (SSSR count). The Bertz CT molecular complexity index is 820. The molecule has 0 bridgehead atoms. The summed E-state index contributed by atoms with van der Waals surface area (Å²) in [5.41, 5.74) is 5.16. The van der Waals surface area contributed by atoms with Gasteiger partial charge in [0.05, 0.1) is 6.54 Å². The van der Waals surface area contributed by atoms with Crippen molar-refractivity contribution >= 4 is 17.6 Å². The van der Waals surface area contributed by atoms with Crippen molar-refractivity contribution in [2.75, 3.05) is 25.0 Å². The summed E-state index contributed by atoms with van der Waals surface area (Å²) in [5, 5.41) is 12.9. The van der Waals surface area contributed by atoms with Crippen molar-refractivity contribution in [1.82, 2.24) is 10.0 Å². The minimum absolute atomic E-state index is 0.0152. The Morgan fingerprint density at radius 3 is 2.04 bits per heavy atom. The van der Waals surface area contributed by atoms with Crippen molar-refractivity contribution in [1.29, 1.82) is 0 Å². The van der Waals surface area contributed by atoms with Crippen molar-refractivity contribution in [2.24, 2.45) is 0 Å². The normalized spacial score (nSPS) is 13.3. The first-order valence-electron chi connectivity index (χ1n) is 8.98. The molecule has 0 fully saturated rings. The van der Waals surface area contributed by atoms with Crippen LogP contribution in [0.15, 0.2) is 42.5 Å². The van der Waals surface area contributed by atoms with Gasteiger partial charge in [0.2, 0.25) is 0 Å². The Labute approximate surface area is 159 Å². The molecule has 0 aromatic heterocycles. The van der Waals surface area contributed by atoms with Crippen LogP contribution in [0.2, 0.25) is 0 Å². The van der Waals surface area contributed by atoms with Crippen LogP contribution in [-0.4, -0.2) is 47.1 Å². The minimum atomic E-state index is -0.957. The van der Waals surface area contributed by atoms with E-state index in [9.17, 15) is 14.7 Å². The number of carboxylic acid groups (broad SMARTS) is 1. The number of fused-ring (bicyclic) bond motifs is 1. The van der Waals surface area contributed by atoms with Crippen molar-refractivity contribution in [2.45, 2.75) is 26.9 Å². The smallest absolute Gasteiger partial charge is 0.323 e. The Hall–Kier alpha value is -2.86. The zero-order valence-corrected chi connectivity index (χ0v) is 16.0. The maximum absolute atomic E-state index is 12.9. The van der Waals surface area contributed by atoms with Crippen LogP contribution in [0.1, 0.15) is 22.3 Å². The summed E-state index contributed by atoms with van der Waals surface area (Å²) in [5.74, 6) is -1.09. The maximum atomic E-state index is 12.9. The number of hydrazine groups is 1. The molecule has 142 valence electrons. The van der Waals surface area contributed by atoms with Gasteiger partial charge in [-0.05, 0) is 36.1 Å². The molecular formula is C21H25N3O3. The SMILES string of the molecule is Cc1cccc(C)c1N(CC(=O)O)CC(=O)N(C)N1Cc2ccccc2C1. The summed E-state index contributed by atoms with van der Waals surface area (Å²) in [6.07, 6.45) is 0. The second-order valence-electron chi connectivity index (χ2n) is 7.00. The molecule has 1 amide bonds. The van der Waals surface area contributed by atoms with Crippen molar-refractivity contribution in [3.63, 3.8) is 0 Å². The predicted molar refractivity (Wildman–Crippen MR) is 104 cm³/mol. The first-order chi connectivity index (χ1) is 12.9. The van der Waals surface area contributed by atoms with E-state index in [1.165, 1.54) is 11.1 Å². The van der Waals surface area contributed by atoms with Crippen molar-refractivity contribution in [3.8, 4) is 0 Å². The molecule has 0 atom stereocenters. The summed E-state index contributed by atoms with van der Waals surface area (Å²) in [4.78, 5) is 26.0. The molecule has 0 spiro atoms. The van der Waals surface area contributed by atoms with Gasteiger partial charge in [-0.1, -0.05) is 42.5 Å². The number of para-hydroxylation sites is 1. The van der Waals surface area contributed by atoms with Crippen LogP contribution in [0, 0.1) is 13.8 Å². The van der Waals surface area contributed by atoms with Gasteiger partial charge >= 0.3 is 5.97 Å². The van der Waals surface area contributed by atoms with Gasteiger partial charge in [0.1, 0.15) is 6.54 Å². The van der Waals surface area contributed by atoms with Gasteiger partial charge in [-0.3, -0.25) is 14.6 Å². The average Bonchev–Trinajstić information content (AvgIpc) is 3.04. The molecule has 0 radical (unpaired) electrons. The Morgan fingerprint density at radius 2 is 1.52 bits per heavy atom. The molecule has 1 aliphatic rings. The number of hydrogen-bond acceptors (Lipinski definition) is 4. The summed E-state index contributed by atoms with van der Waals surface area (Å²) in [6, 6.07) is 13.9. The second-order valence-corrected chi connectivity index (χ2v) is 7.00. The summed E-state index contributed by atoms with van der Waals surface area (Å²) in [7, 11) is 1.75. The number of aryl methyl sites for hydroxylation is 2. The topological polar surface area (TPSA) is 64.1 Å². The number of carbonyl (C=O) groups is 2.